The summed E-state index contributed by atoms with van der Waals surface area (Å²) in [5, 5.41) is 4.24. The third-order valence-electron chi connectivity index (χ3n) is 5.39. The first-order chi connectivity index (χ1) is 13.1. The highest BCUT2D eigenvalue weighted by molar-refractivity contribution is 7.80. The summed E-state index contributed by atoms with van der Waals surface area (Å²) in [6.45, 7) is 4.96. The van der Waals surface area contributed by atoms with Gasteiger partial charge in [0.1, 0.15) is 0 Å². The summed E-state index contributed by atoms with van der Waals surface area (Å²) < 4.78 is 2.23. The second-order valence-corrected chi connectivity index (χ2v) is 7.35. The van der Waals surface area contributed by atoms with Crippen molar-refractivity contribution in [2.75, 3.05) is 0 Å². The maximum absolute atomic E-state index is 5.73. The maximum Gasteiger partial charge on any atom is 0.170 e. The molecule has 0 spiro atoms. The number of rotatable bonds is 4. The monoisotopic (exact) mass is 377 g/mol. The number of aromatic nitrogens is 3. The van der Waals surface area contributed by atoms with Gasteiger partial charge in [0, 0.05) is 30.8 Å². The van der Waals surface area contributed by atoms with Crippen LogP contribution in [-0.4, -0.2) is 24.5 Å². The van der Waals surface area contributed by atoms with Crippen LogP contribution >= 0.6 is 12.2 Å². The Morgan fingerprint density at radius 1 is 1.07 bits per heavy atom. The Morgan fingerprint density at radius 3 is 2.41 bits per heavy atom. The predicted octanol–water partition coefficient (Wildman–Crippen LogP) is 3.60. The molecule has 0 radical (unpaired) electrons. The number of hydrogen-bond acceptors (Lipinski definition) is 3. The average molecular weight is 378 g/mol. The molecule has 1 N–H and O–H groups in total. The second kappa shape index (κ2) is 7.12. The van der Waals surface area contributed by atoms with Crippen LogP contribution in [0.3, 0.4) is 0 Å². The van der Waals surface area contributed by atoms with Crippen LogP contribution in [0.1, 0.15) is 40.4 Å². The smallest absolute Gasteiger partial charge is 0.170 e. The molecule has 4 rings (SSSR count). The highest BCUT2D eigenvalue weighted by Gasteiger charge is 2.41. The van der Waals surface area contributed by atoms with Crippen LogP contribution < -0.4 is 5.32 Å². The molecular formula is C21H23N5S. The Bertz CT molecular complexity index is 951. The van der Waals surface area contributed by atoms with Crippen molar-refractivity contribution in [1.29, 1.82) is 0 Å². The zero-order chi connectivity index (χ0) is 19.0. The fraction of sp³-hybridized carbons (Fsp3) is 0.286. The van der Waals surface area contributed by atoms with Crippen LogP contribution in [0.25, 0.3) is 0 Å². The quantitative estimate of drug-likeness (QED) is 0.704. The lowest BCUT2D eigenvalue weighted by molar-refractivity contribution is 0.307. The van der Waals surface area contributed by atoms with Crippen molar-refractivity contribution in [3.05, 3.63) is 83.2 Å². The Morgan fingerprint density at radius 2 is 1.81 bits per heavy atom. The Labute approximate surface area is 165 Å². The van der Waals surface area contributed by atoms with Crippen molar-refractivity contribution >= 4 is 17.3 Å². The molecule has 1 saturated heterocycles. The highest BCUT2D eigenvalue weighted by Crippen LogP contribution is 2.41. The molecule has 1 fully saturated rings. The normalized spacial score (nSPS) is 19.4. The molecule has 0 aromatic carbocycles. The Hall–Kier alpha value is -2.73. The van der Waals surface area contributed by atoms with E-state index in [0.29, 0.717) is 6.54 Å². The standard InChI is InChI=1S/C21H23N5S/c1-14-12-17(15(2)25(14)3)20-19(18-9-5-7-11-23-18)24-21(27)26(20)13-16-8-4-6-10-22-16/h4-12,19-20H,13H2,1-3H3,(H,24,27)/t19-,20-/m0/s1. The van der Waals surface area contributed by atoms with E-state index in [0.717, 1.165) is 16.5 Å². The van der Waals surface area contributed by atoms with Gasteiger partial charge in [-0.1, -0.05) is 12.1 Å². The number of hydrogen-bond donors (Lipinski definition) is 1. The molecule has 0 unspecified atom stereocenters. The minimum absolute atomic E-state index is 0.00270. The van der Waals surface area contributed by atoms with E-state index in [1.165, 1.54) is 17.0 Å². The summed E-state index contributed by atoms with van der Waals surface area (Å²) in [6.07, 6.45) is 3.66. The first kappa shape index (κ1) is 17.7. The molecule has 3 aromatic heterocycles. The van der Waals surface area contributed by atoms with E-state index in [1.54, 1.807) is 0 Å². The van der Waals surface area contributed by atoms with Gasteiger partial charge < -0.3 is 14.8 Å². The fourth-order valence-corrected chi connectivity index (χ4v) is 4.07. The molecule has 0 amide bonds. The van der Waals surface area contributed by atoms with Crippen LogP contribution in [0.5, 0.6) is 0 Å². The Kier molecular flexibility index (Phi) is 4.66. The van der Waals surface area contributed by atoms with E-state index >= 15 is 0 Å². The second-order valence-electron chi connectivity index (χ2n) is 6.96. The predicted molar refractivity (Wildman–Crippen MR) is 110 cm³/mol. The molecule has 6 heteroatoms. The van der Waals surface area contributed by atoms with Crippen molar-refractivity contribution in [3.63, 3.8) is 0 Å². The highest BCUT2D eigenvalue weighted by atomic mass is 32.1. The largest absolute Gasteiger partial charge is 0.352 e. The van der Waals surface area contributed by atoms with E-state index in [9.17, 15) is 0 Å². The van der Waals surface area contributed by atoms with Gasteiger partial charge in [-0.15, -0.1) is 0 Å². The van der Waals surface area contributed by atoms with Crippen molar-refractivity contribution in [3.8, 4) is 0 Å². The van der Waals surface area contributed by atoms with Gasteiger partial charge in [0.15, 0.2) is 5.11 Å². The van der Waals surface area contributed by atoms with Crippen LogP contribution in [0.4, 0.5) is 0 Å². The van der Waals surface area contributed by atoms with E-state index in [1.807, 2.05) is 42.7 Å². The van der Waals surface area contributed by atoms with Crippen LogP contribution in [-0.2, 0) is 13.6 Å². The molecule has 4 heterocycles. The third-order valence-corrected chi connectivity index (χ3v) is 5.74. The lowest BCUT2D eigenvalue weighted by Crippen LogP contribution is -2.29. The van der Waals surface area contributed by atoms with Crippen LogP contribution in [0, 0.1) is 13.8 Å². The molecule has 5 nitrogen and oxygen atoms in total. The topological polar surface area (TPSA) is 46.0 Å². The fourth-order valence-electron chi connectivity index (χ4n) is 3.76. The minimum Gasteiger partial charge on any atom is -0.352 e. The van der Waals surface area contributed by atoms with Crippen LogP contribution in [0.2, 0.25) is 0 Å². The van der Waals surface area contributed by atoms with Gasteiger partial charge in [-0.3, -0.25) is 9.97 Å². The van der Waals surface area contributed by atoms with E-state index in [2.05, 4.69) is 57.8 Å². The van der Waals surface area contributed by atoms with Crippen molar-refractivity contribution < 1.29 is 0 Å². The lowest BCUT2D eigenvalue weighted by atomic mass is 9.96. The summed E-state index contributed by atoms with van der Waals surface area (Å²) in [6, 6.07) is 14.3. The number of nitrogens with one attached hydrogen (secondary N) is 1. The van der Waals surface area contributed by atoms with E-state index in [-0.39, 0.29) is 12.1 Å². The molecule has 138 valence electrons. The molecule has 1 aliphatic rings. The zero-order valence-corrected chi connectivity index (χ0v) is 16.6. The van der Waals surface area contributed by atoms with Gasteiger partial charge in [0.25, 0.3) is 0 Å². The number of pyridine rings is 2. The Balaban J connectivity index is 1.79. The number of nitrogens with zero attached hydrogens (tertiary/aromatic N) is 4. The molecule has 27 heavy (non-hydrogen) atoms. The lowest BCUT2D eigenvalue weighted by Gasteiger charge is -2.27. The summed E-state index contributed by atoms with van der Waals surface area (Å²) in [7, 11) is 2.10. The van der Waals surface area contributed by atoms with Gasteiger partial charge in [0.2, 0.25) is 0 Å². The summed E-state index contributed by atoms with van der Waals surface area (Å²) in [5.41, 5.74) is 5.75. The van der Waals surface area contributed by atoms with E-state index in [4.69, 9.17) is 12.2 Å². The third kappa shape index (κ3) is 3.21. The zero-order valence-electron chi connectivity index (χ0n) is 15.8. The molecule has 0 bridgehead atoms. The molecule has 0 aliphatic carbocycles. The number of aryl methyl sites for hydroxylation is 1. The van der Waals surface area contributed by atoms with Gasteiger partial charge in [-0.2, -0.15) is 0 Å². The summed E-state index contributed by atoms with van der Waals surface area (Å²) in [4.78, 5) is 11.3. The van der Waals surface area contributed by atoms with Crippen molar-refractivity contribution in [2.24, 2.45) is 7.05 Å². The summed E-state index contributed by atoms with van der Waals surface area (Å²) >= 11 is 5.73. The first-order valence-electron chi connectivity index (χ1n) is 9.07. The molecule has 3 aromatic rings. The molecule has 2 atom stereocenters. The van der Waals surface area contributed by atoms with Gasteiger partial charge in [0.05, 0.1) is 30.0 Å². The SMILES string of the molecule is Cc1cc([C@H]2[C@H](c3ccccn3)NC(=S)N2Cc2ccccn2)c(C)n1C. The maximum atomic E-state index is 5.73. The molecule has 1 aliphatic heterocycles. The van der Waals surface area contributed by atoms with Gasteiger partial charge in [-0.05, 0) is 62.0 Å². The van der Waals surface area contributed by atoms with Gasteiger partial charge >= 0.3 is 0 Å². The summed E-state index contributed by atoms with van der Waals surface area (Å²) in [5.74, 6) is 0. The van der Waals surface area contributed by atoms with Crippen molar-refractivity contribution in [2.45, 2.75) is 32.5 Å². The first-order valence-corrected chi connectivity index (χ1v) is 9.48. The van der Waals surface area contributed by atoms with E-state index < -0.39 is 0 Å². The number of thiocarbonyl (C=S) groups is 1. The average Bonchev–Trinajstić information content (AvgIpc) is 3.14. The van der Waals surface area contributed by atoms with Crippen molar-refractivity contribution in [1.82, 2.24) is 24.8 Å². The molecular weight excluding hydrogens is 354 g/mol. The molecule has 0 saturated carbocycles. The van der Waals surface area contributed by atoms with Gasteiger partial charge in [-0.25, -0.2) is 0 Å². The minimum atomic E-state index is 0.00270. The van der Waals surface area contributed by atoms with Crippen LogP contribution in [0.15, 0.2) is 54.9 Å².